The summed E-state index contributed by atoms with van der Waals surface area (Å²) in [6.45, 7) is 1.15. The van der Waals surface area contributed by atoms with Crippen LogP contribution in [0.25, 0.3) is 0 Å². The Bertz CT molecular complexity index is 618. The lowest BCUT2D eigenvalue weighted by molar-refractivity contribution is 0.0768. The maximum absolute atomic E-state index is 12.1. The van der Waals surface area contributed by atoms with Crippen LogP contribution in [0.15, 0.2) is 29.6 Å². The number of aromatic nitrogens is 1. The lowest BCUT2D eigenvalue weighted by atomic mass is 10.3. The summed E-state index contributed by atoms with van der Waals surface area (Å²) in [5.41, 5.74) is 5.91. The van der Waals surface area contributed by atoms with Gasteiger partial charge in [-0.2, -0.15) is 0 Å². The zero-order chi connectivity index (χ0) is 15.2. The first-order valence-electron chi connectivity index (χ1n) is 6.39. The minimum Gasteiger partial charge on any atom is -0.490 e. The number of ether oxygens (including phenoxy) is 1. The highest BCUT2D eigenvalue weighted by Gasteiger charge is 2.15. The van der Waals surface area contributed by atoms with Crippen molar-refractivity contribution in [3.63, 3.8) is 0 Å². The minimum atomic E-state index is -0.145. The van der Waals surface area contributed by atoms with Gasteiger partial charge >= 0.3 is 0 Å². The second-order valence-electron chi connectivity index (χ2n) is 4.34. The lowest BCUT2D eigenvalue weighted by Crippen LogP contribution is -2.31. The largest absolute Gasteiger partial charge is 0.490 e. The van der Waals surface area contributed by atoms with E-state index in [1.165, 1.54) is 11.3 Å². The number of para-hydroxylation sites is 1. The number of carbonyl (C=O) groups excluding carboxylic acids is 1. The Kier molecular flexibility index (Phi) is 5.55. The van der Waals surface area contributed by atoms with Crippen LogP contribution in [0.1, 0.15) is 15.5 Å². The number of amides is 1. The van der Waals surface area contributed by atoms with Gasteiger partial charge in [0.2, 0.25) is 0 Å². The van der Waals surface area contributed by atoms with E-state index in [4.69, 9.17) is 22.1 Å². The number of hydrogen-bond acceptors (Lipinski definition) is 5. The van der Waals surface area contributed by atoms with E-state index in [0.29, 0.717) is 36.2 Å². The summed E-state index contributed by atoms with van der Waals surface area (Å²) in [5, 5.41) is 3.02. The van der Waals surface area contributed by atoms with Gasteiger partial charge in [0.15, 0.2) is 0 Å². The van der Waals surface area contributed by atoms with Crippen LogP contribution in [0, 0.1) is 0 Å². The predicted octanol–water partition coefficient (Wildman–Crippen LogP) is 2.41. The van der Waals surface area contributed by atoms with Crippen molar-refractivity contribution in [3.05, 3.63) is 45.4 Å². The highest BCUT2D eigenvalue weighted by Crippen LogP contribution is 2.22. The molecule has 1 amide bonds. The number of likely N-dealkylation sites (N-methyl/N-ethyl adjacent to an activating group) is 1. The Morgan fingerprint density at radius 1 is 1.48 bits per heavy atom. The van der Waals surface area contributed by atoms with Crippen molar-refractivity contribution in [3.8, 4) is 5.75 Å². The first-order valence-corrected chi connectivity index (χ1v) is 7.65. The van der Waals surface area contributed by atoms with E-state index in [-0.39, 0.29) is 5.91 Å². The number of carbonyl (C=O) groups is 1. The molecular weight excluding hydrogens is 310 g/mol. The first-order chi connectivity index (χ1) is 10.1. The van der Waals surface area contributed by atoms with Crippen LogP contribution in [-0.4, -0.2) is 36.0 Å². The molecule has 1 aromatic carbocycles. The van der Waals surface area contributed by atoms with Crippen molar-refractivity contribution in [1.82, 2.24) is 9.88 Å². The molecule has 0 atom stereocenters. The van der Waals surface area contributed by atoms with E-state index in [1.807, 2.05) is 12.1 Å². The molecule has 0 radical (unpaired) electrons. The molecule has 0 aliphatic carbocycles. The molecule has 0 saturated carbocycles. The summed E-state index contributed by atoms with van der Waals surface area (Å²) in [5.74, 6) is 0.466. The van der Waals surface area contributed by atoms with Gasteiger partial charge in [-0.15, -0.1) is 11.3 Å². The van der Waals surface area contributed by atoms with Crippen molar-refractivity contribution in [2.24, 2.45) is 5.73 Å². The van der Waals surface area contributed by atoms with Crippen molar-refractivity contribution in [2.45, 2.75) is 6.54 Å². The lowest BCUT2D eigenvalue weighted by Gasteiger charge is -2.16. The molecule has 0 aliphatic rings. The van der Waals surface area contributed by atoms with Crippen molar-refractivity contribution in [1.29, 1.82) is 0 Å². The molecule has 5 nitrogen and oxygen atoms in total. The summed E-state index contributed by atoms with van der Waals surface area (Å²) < 4.78 is 5.56. The zero-order valence-electron chi connectivity index (χ0n) is 11.6. The van der Waals surface area contributed by atoms with Crippen LogP contribution in [-0.2, 0) is 6.54 Å². The monoisotopic (exact) mass is 325 g/mol. The minimum absolute atomic E-state index is 0.145. The quantitative estimate of drug-likeness (QED) is 0.885. The Balaban J connectivity index is 1.85. The molecule has 1 aromatic heterocycles. The molecule has 0 unspecified atom stereocenters. The van der Waals surface area contributed by atoms with Crippen molar-refractivity contribution < 1.29 is 9.53 Å². The molecule has 0 aliphatic heterocycles. The van der Waals surface area contributed by atoms with Gasteiger partial charge in [0.1, 0.15) is 23.1 Å². The number of nitrogens with zero attached hydrogens (tertiary/aromatic N) is 2. The Labute approximate surface area is 132 Å². The van der Waals surface area contributed by atoms with Gasteiger partial charge in [-0.25, -0.2) is 4.98 Å². The van der Waals surface area contributed by atoms with Gasteiger partial charge in [-0.1, -0.05) is 23.7 Å². The fraction of sp³-hybridized carbons (Fsp3) is 0.286. The Morgan fingerprint density at radius 2 is 2.24 bits per heavy atom. The van der Waals surface area contributed by atoms with Gasteiger partial charge in [0, 0.05) is 19.0 Å². The van der Waals surface area contributed by atoms with E-state index < -0.39 is 0 Å². The summed E-state index contributed by atoms with van der Waals surface area (Å²) in [6, 6.07) is 7.23. The van der Waals surface area contributed by atoms with Gasteiger partial charge in [-0.3, -0.25) is 4.79 Å². The molecule has 7 heteroatoms. The highest BCUT2D eigenvalue weighted by molar-refractivity contribution is 7.09. The summed E-state index contributed by atoms with van der Waals surface area (Å²) >= 11 is 7.38. The molecule has 2 rings (SSSR count). The van der Waals surface area contributed by atoms with E-state index >= 15 is 0 Å². The number of hydrogen-bond donors (Lipinski definition) is 1. The molecule has 21 heavy (non-hydrogen) atoms. The third-order valence-electron chi connectivity index (χ3n) is 2.81. The maximum atomic E-state index is 12.1. The predicted molar refractivity (Wildman–Crippen MR) is 83.9 cm³/mol. The van der Waals surface area contributed by atoms with E-state index in [1.54, 1.807) is 29.5 Å². The number of benzene rings is 1. The maximum Gasteiger partial charge on any atom is 0.273 e. The Morgan fingerprint density at radius 3 is 2.90 bits per heavy atom. The SMILES string of the molecule is CN(CCOc1ccccc1Cl)C(=O)c1csc(CN)n1. The molecule has 0 spiro atoms. The van der Waals surface area contributed by atoms with E-state index in [9.17, 15) is 4.79 Å². The topological polar surface area (TPSA) is 68.5 Å². The summed E-state index contributed by atoms with van der Waals surface area (Å²) in [4.78, 5) is 17.9. The molecule has 0 saturated heterocycles. The molecule has 0 bridgehead atoms. The Hall–Kier alpha value is -1.63. The van der Waals surface area contributed by atoms with Crippen LogP contribution < -0.4 is 10.5 Å². The fourth-order valence-corrected chi connectivity index (χ4v) is 2.49. The van der Waals surface area contributed by atoms with Crippen molar-refractivity contribution >= 4 is 28.8 Å². The van der Waals surface area contributed by atoms with Crippen LogP contribution in [0.5, 0.6) is 5.75 Å². The van der Waals surface area contributed by atoms with Crippen molar-refractivity contribution in [2.75, 3.05) is 20.2 Å². The van der Waals surface area contributed by atoms with Crippen LogP contribution in [0.3, 0.4) is 0 Å². The zero-order valence-corrected chi connectivity index (χ0v) is 13.2. The standard InChI is InChI=1S/C14H16ClN3O2S/c1-18(14(19)11-9-21-13(8-16)17-11)6-7-20-12-5-3-2-4-10(12)15/h2-5,9H,6-8,16H2,1H3. The van der Waals surface area contributed by atoms with E-state index in [0.717, 1.165) is 5.01 Å². The van der Waals surface area contributed by atoms with Gasteiger partial charge in [0.05, 0.1) is 11.6 Å². The van der Waals surface area contributed by atoms with Gasteiger partial charge < -0.3 is 15.4 Å². The number of halogens is 1. The van der Waals surface area contributed by atoms with Crippen LogP contribution in [0.2, 0.25) is 5.02 Å². The second kappa shape index (κ2) is 7.40. The number of rotatable bonds is 6. The number of nitrogens with two attached hydrogens (primary N) is 1. The van der Waals surface area contributed by atoms with Crippen LogP contribution in [0.4, 0.5) is 0 Å². The molecule has 2 aromatic rings. The summed E-state index contributed by atoms with van der Waals surface area (Å²) in [6.07, 6.45) is 0. The smallest absolute Gasteiger partial charge is 0.273 e. The third kappa shape index (κ3) is 4.17. The average molecular weight is 326 g/mol. The molecule has 1 heterocycles. The summed E-state index contributed by atoms with van der Waals surface area (Å²) in [7, 11) is 1.71. The number of thiazole rings is 1. The fourth-order valence-electron chi connectivity index (χ4n) is 1.65. The van der Waals surface area contributed by atoms with Crippen LogP contribution >= 0.6 is 22.9 Å². The van der Waals surface area contributed by atoms with Gasteiger partial charge in [0.25, 0.3) is 5.91 Å². The molecule has 112 valence electrons. The van der Waals surface area contributed by atoms with E-state index in [2.05, 4.69) is 4.98 Å². The first kappa shape index (κ1) is 15.8. The normalized spacial score (nSPS) is 10.4. The highest BCUT2D eigenvalue weighted by atomic mass is 35.5. The van der Waals surface area contributed by atoms with Gasteiger partial charge in [-0.05, 0) is 12.1 Å². The average Bonchev–Trinajstić information content (AvgIpc) is 2.97. The molecule has 2 N–H and O–H groups in total. The molecule has 0 fully saturated rings. The third-order valence-corrected chi connectivity index (χ3v) is 4.00. The second-order valence-corrected chi connectivity index (χ2v) is 5.69. The molecular formula is C14H16ClN3O2S.